The average Bonchev–Trinajstić information content (AvgIpc) is 2.57. The van der Waals surface area contributed by atoms with E-state index in [4.69, 9.17) is 0 Å². The van der Waals surface area contributed by atoms with Crippen LogP contribution in [-0.2, 0) is 11.3 Å². The Morgan fingerprint density at radius 2 is 1.84 bits per heavy atom. The molecule has 0 aromatic heterocycles. The summed E-state index contributed by atoms with van der Waals surface area (Å²) in [5.41, 5.74) is 1.93. The lowest BCUT2D eigenvalue weighted by atomic mass is 10.1. The van der Waals surface area contributed by atoms with Crippen molar-refractivity contribution in [3.05, 3.63) is 70.8 Å². The number of aryl methyl sites for hydroxylation is 1. The third-order valence-electron chi connectivity index (χ3n) is 3.61. The summed E-state index contributed by atoms with van der Waals surface area (Å²) < 4.78 is 26.3. The molecule has 2 aromatic carbocycles. The summed E-state index contributed by atoms with van der Waals surface area (Å²) >= 11 is 0. The highest BCUT2D eigenvalue weighted by atomic mass is 19.1. The summed E-state index contributed by atoms with van der Waals surface area (Å²) in [6, 6.07) is 10.6. The molecule has 132 valence electrons. The molecule has 6 heteroatoms. The van der Waals surface area contributed by atoms with Gasteiger partial charge in [-0.15, -0.1) is 0 Å². The zero-order valence-corrected chi connectivity index (χ0v) is 13.9. The highest BCUT2D eigenvalue weighted by Crippen LogP contribution is 2.09. The molecule has 0 atom stereocenters. The van der Waals surface area contributed by atoms with Crippen molar-refractivity contribution < 1.29 is 18.4 Å². The van der Waals surface area contributed by atoms with Crippen molar-refractivity contribution in [1.29, 1.82) is 0 Å². The van der Waals surface area contributed by atoms with Gasteiger partial charge < -0.3 is 10.6 Å². The molecule has 0 fully saturated rings. The molecule has 0 aliphatic heterocycles. The van der Waals surface area contributed by atoms with E-state index in [9.17, 15) is 18.4 Å². The first-order valence-corrected chi connectivity index (χ1v) is 8.01. The first kappa shape index (κ1) is 18.6. The number of rotatable bonds is 7. The summed E-state index contributed by atoms with van der Waals surface area (Å²) in [6.45, 7) is 2.67. The second-order valence-corrected chi connectivity index (χ2v) is 5.75. The standard InChI is InChI=1S/C19H20F2N2O2/c1-13-4-2-5-14(10-13)12-23-18(24)6-3-9-22-19(25)16-8-7-15(20)11-17(16)21/h2,4-5,7-8,10-11H,3,6,9,12H2,1H3,(H,22,25)(H,23,24). The highest BCUT2D eigenvalue weighted by Gasteiger charge is 2.12. The van der Waals surface area contributed by atoms with Crippen molar-refractivity contribution in [1.82, 2.24) is 10.6 Å². The Morgan fingerprint density at radius 3 is 2.56 bits per heavy atom. The van der Waals surface area contributed by atoms with Crippen molar-refractivity contribution in [3.8, 4) is 0 Å². The van der Waals surface area contributed by atoms with Crippen LogP contribution in [0.1, 0.15) is 34.3 Å². The van der Waals surface area contributed by atoms with E-state index in [1.54, 1.807) is 0 Å². The molecule has 2 N–H and O–H groups in total. The maximum atomic E-state index is 13.5. The third kappa shape index (κ3) is 5.99. The molecule has 0 saturated carbocycles. The maximum Gasteiger partial charge on any atom is 0.254 e. The molecular weight excluding hydrogens is 326 g/mol. The van der Waals surface area contributed by atoms with Gasteiger partial charge in [-0.05, 0) is 31.0 Å². The van der Waals surface area contributed by atoms with E-state index in [0.717, 1.165) is 23.3 Å². The van der Waals surface area contributed by atoms with Crippen LogP contribution in [0, 0.1) is 18.6 Å². The molecule has 25 heavy (non-hydrogen) atoms. The van der Waals surface area contributed by atoms with E-state index in [0.29, 0.717) is 19.0 Å². The first-order chi connectivity index (χ1) is 12.0. The quantitative estimate of drug-likeness (QED) is 0.757. The maximum absolute atomic E-state index is 13.5. The lowest BCUT2D eigenvalue weighted by Gasteiger charge is -2.08. The summed E-state index contributed by atoms with van der Waals surface area (Å²) in [7, 11) is 0. The Kier molecular flexibility index (Phi) is 6.62. The minimum atomic E-state index is -0.909. The zero-order chi connectivity index (χ0) is 18.2. The Bertz CT molecular complexity index is 763. The molecule has 0 unspecified atom stereocenters. The van der Waals surface area contributed by atoms with Gasteiger partial charge in [-0.2, -0.15) is 0 Å². The molecular formula is C19H20F2N2O2. The summed E-state index contributed by atoms with van der Waals surface area (Å²) in [5, 5.41) is 5.32. The van der Waals surface area contributed by atoms with Gasteiger partial charge in [-0.25, -0.2) is 8.78 Å². The second kappa shape index (κ2) is 8.92. The van der Waals surface area contributed by atoms with Crippen LogP contribution in [0.4, 0.5) is 8.78 Å². The molecule has 0 aliphatic carbocycles. The van der Waals surface area contributed by atoms with Crippen LogP contribution in [-0.4, -0.2) is 18.4 Å². The fourth-order valence-corrected chi connectivity index (χ4v) is 2.33. The lowest BCUT2D eigenvalue weighted by Crippen LogP contribution is -2.28. The Balaban J connectivity index is 1.68. The fraction of sp³-hybridized carbons (Fsp3) is 0.263. The minimum Gasteiger partial charge on any atom is -0.352 e. The number of hydrogen-bond acceptors (Lipinski definition) is 2. The molecule has 2 amide bonds. The number of carbonyl (C=O) groups excluding carboxylic acids is 2. The van der Waals surface area contributed by atoms with Crippen LogP contribution in [0.2, 0.25) is 0 Å². The Morgan fingerprint density at radius 1 is 1.04 bits per heavy atom. The van der Waals surface area contributed by atoms with Crippen molar-refractivity contribution in [2.45, 2.75) is 26.3 Å². The van der Waals surface area contributed by atoms with E-state index >= 15 is 0 Å². The topological polar surface area (TPSA) is 58.2 Å². The van der Waals surface area contributed by atoms with Crippen molar-refractivity contribution in [2.75, 3.05) is 6.54 Å². The largest absolute Gasteiger partial charge is 0.352 e. The van der Waals surface area contributed by atoms with Gasteiger partial charge in [0.15, 0.2) is 0 Å². The van der Waals surface area contributed by atoms with Gasteiger partial charge in [0.1, 0.15) is 11.6 Å². The number of hydrogen-bond donors (Lipinski definition) is 2. The number of amides is 2. The zero-order valence-electron chi connectivity index (χ0n) is 13.9. The summed E-state index contributed by atoms with van der Waals surface area (Å²) in [4.78, 5) is 23.6. The van der Waals surface area contributed by atoms with Crippen LogP contribution < -0.4 is 10.6 Å². The van der Waals surface area contributed by atoms with Gasteiger partial charge in [-0.3, -0.25) is 9.59 Å². The summed E-state index contributed by atoms with van der Waals surface area (Å²) in [5.74, 6) is -2.39. The number of benzene rings is 2. The van der Waals surface area contributed by atoms with Crippen molar-refractivity contribution >= 4 is 11.8 Å². The van der Waals surface area contributed by atoms with E-state index < -0.39 is 17.5 Å². The molecule has 0 bridgehead atoms. The van der Waals surface area contributed by atoms with Crippen LogP contribution in [0.25, 0.3) is 0 Å². The van der Waals surface area contributed by atoms with Crippen LogP contribution in [0.3, 0.4) is 0 Å². The predicted molar refractivity (Wildman–Crippen MR) is 91.0 cm³/mol. The average molecular weight is 346 g/mol. The number of carbonyl (C=O) groups is 2. The van der Waals surface area contributed by atoms with E-state index in [-0.39, 0.29) is 24.4 Å². The van der Waals surface area contributed by atoms with Crippen LogP contribution in [0.5, 0.6) is 0 Å². The van der Waals surface area contributed by atoms with Crippen molar-refractivity contribution in [2.24, 2.45) is 0 Å². The molecule has 0 spiro atoms. The predicted octanol–water partition coefficient (Wildman–Crippen LogP) is 3.10. The lowest BCUT2D eigenvalue weighted by molar-refractivity contribution is -0.121. The van der Waals surface area contributed by atoms with Gasteiger partial charge in [0.05, 0.1) is 5.56 Å². The number of halogens is 2. The monoisotopic (exact) mass is 346 g/mol. The molecule has 2 rings (SSSR count). The van der Waals surface area contributed by atoms with Crippen LogP contribution >= 0.6 is 0 Å². The van der Waals surface area contributed by atoms with Gasteiger partial charge >= 0.3 is 0 Å². The SMILES string of the molecule is Cc1cccc(CNC(=O)CCCNC(=O)c2ccc(F)cc2F)c1. The van der Waals surface area contributed by atoms with E-state index in [2.05, 4.69) is 10.6 Å². The van der Waals surface area contributed by atoms with Crippen molar-refractivity contribution in [3.63, 3.8) is 0 Å². The Labute approximate surface area is 145 Å². The van der Waals surface area contributed by atoms with Crippen LogP contribution in [0.15, 0.2) is 42.5 Å². The normalized spacial score (nSPS) is 10.4. The highest BCUT2D eigenvalue weighted by molar-refractivity contribution is 5.94. The van der Waals surface area contributed by atoms with Gasteiger partial charge in [0.2, 0.25) is 5.91 Å². The molecule has 2 aromatic rings. The first-order valence-electron chi connectivity index (χ1n) is 8.01. The van der Waals surface area contributed by atoms with Gasteiger partial charge in [0.25, 0.3) is 5.91 Å². The van der Waals surface area contributed by atoms with E-state index in [1.165, 1.54) is 0 Å². The minimum absolute atomic E-state index is 0.122. The molecule has 0 saturated heterocycles. The fourth-order valence-electron chi connectivity index (χ4n) is 2.33. The number of nitrogens with one attached hydrogen (secondary N) is 2. The molecule has 0 heterocycles. The Hall–Kier alpha value is -2.76. The second-order valence-electron chi connectivity index (χ2n) is 5.75. The smallest absolute Gasteiger partial charge is 0.254 e. The molecule has 0 aliphatic rings. The van der Waals surface area contributed by atoms with Gasteiger partial charge in [0, 0.05) is 25.6 Å². The van der Waals surface area contributed by atoms with Gasteiger partial charge in [-0.1, -0.05) is 29.8 Å². The molecule has 4 nitrogen and oxygen atoms in total. The molecule has 0 radical (unpaired) electrons. The van der Waals surface area contributed by atoms with E-state index in [1.807, 2.05) is 31.2 Å². The third-order valence-corrected chi connectivity index (χ3v) is 3.61. The summed E-state index contributed by atoms with van der Waals surface area (Å²) in [6.07, 6.45) is 0.673.